The molecule has 2 N–H and O–H groups in total. The number of amides is 3. The largest absolute Gasteiger partial charge is 0.345 e. The smallest absolute Gasteiger partial charge is 0.319 e. The Morgan fingerprint density at radius 2 is 1.70 bits per heavy atom. The molecule has 5 heteroatoms. The number of benzene rings is 1. The molecule has 1 saturated carbocycles. The Labute approximate surface area is 119 Å². The van der Waals surface area contributed by atoms with Gasteiger partial charge < -0.3 is 15.5 Å². The summed E-state index contributed by atoms with van der Waals surface area (Å²) in [4.78, 5) is 25.1. The predicted octanol–water partition coefficient (Wildman–Crippen LogP) is 2.45. The van der Waals surface area contributed by atoms with Gasteiger partial charge >= 0.3 is 6.03 Å². The topological polar surface area (TPSA) is 61.4 Å². The van der Waals surface area contributed by atoms with Crippen LogP contribution in [-0.4, -0.2) is 37.0 Å². The van der Waals surface area contributed by atoms with Crippen LogP contribution in [0, 0.1) is 0 Å². The molecule has 1 fully saturated rings. The molecule has 0 spiro atoms. The number of nitrogens with zero attached hydrogens (tertiary/aromatic N) is 1. The van der Waals surface area contributed by atoms with Gasteiger partial charge in [0.05, 0.1) is 0 Å². The van der Waals surface area contributed by atoms with E-state index < -0.39 is 0 Å². The lowest BCUT2D eigenvalue weighted by atomic mass is 10.2. The van der Waals surface area contributed by atoms with Crippen molar-refractivity contribution < 1.29 is 9.59 Å². The summed E-state index contributed by atoms with van der Waals surface area (Å²) in [6.07, 6.45) is 4.49. The van der Waals surface area contributed by atoms with E-state index in [1.807, 2.05) is 0 Å². The van der Waals surface area contributed by atoms with Gasteiger partial charge in [-0.15, -0.1) is 0 Å². The van der Waals surface area contributed by atoms with E-state index in [0.717, 1.165) is 12.8 Å². The van der Waals surface area contributed by atoms with Crippen molar-refractivity contribution in [1.29, 1.82) is 0 Å². The van der Waals surface area contributed by atoms with Crippen molar-refractivity contribution in [2.24, 2.45) is 0 Å². The average molecular weight is 275 g/mol. The van der Waals surface area contributed by atoms with Crippen LogP contribution in [-0.2, 0) is 0 Å². The Morgan fingerprint density at radius 1 is 1.10 bits per heavy atom. The summed E-state index contributed by atoms with van der Waals surface area (Å²) in [6, 6.07) is 7.03. The van der Waals surface area contributed by atoms with Gasteiger partial charge in [0.1, 0.15) is 0 Å². The molecule has 20 heavy (non-hydrogen) atoms. The van der Waals surface area contributed by atoms with Crippen molar-refractivity contribution >= 4 is 17.6 Å². The molecule has 0 radical (unpaired) electrons. The van der Waals surface area contributed by atoms with Crippen LogP contribution in [0.4, 0.5) is 10.5 Å². The number of hydrogen-bond acceptors (Lipinski definition) is 2. The molecule has 0 heterocycles. The standard InChI is InChI=1S/C15H21N3O2/c1-18(2)14(19)11-7-9-13(10-8-11)17-15(20)16-12-5-3-4-6-12/h7-10,12H,3-6H2,1-2H3,(H2,16,17,20). The zero-order chi connectivity index (χ0) is 14.5. The molecule has 0 saturated heterocycles. The molecule has 0 bridgehead atoms. The van der Waals surface area contributed by atoms with E-state index in [1.54, 1.807) is 38.4 Å². The number of nitrogens with one attached hydrogen (secondary N) is 2. The fraction of sp³-hybridized carbons (Fsp3) is 0.467. The average Bonchev–Trinajstić information content (AvgIpc) is 2.91. The van der Waals surface area contributed by atoms with Crippen molar-refractivity contribution in [3.8, 4) is 0 Å². The van der Waals surface area contributed by atoms with E-state index in [2.05, 4.69) is 10.6 Å². The molecule has 108 valence electrons. The molecule has 1 aliphatic carbocycles. The van der Waals surface area contributed by atoms with Gasteiger partial charge in [-0.3, -0.25) is 4.79 Å². The van der Waals surface area contributed by atoms with Gasteiger partial charge in [-0.25, -0.2) is 4.79 Å². The van der Waals surface area contributed by atoms with Gasteiger partial charge in [0.25, 0.3) is 5.91 Å². The third kappa shape index (κ3) is 3.73. The minimum absolute atomic E-state index is 0.0491. The minimum atomic E-state index is -0.177. The molecular formula is C15H21N3O2. The predicted molar refractivity (Wildman–Crippen MR) is 78.9 cm³/mol. The normalized spacial score (nSPS) is 14.9. The number of anilines is 1. The lowest BCUT2D eigenvalue weighted by molar-refractivity contribution is 0.0827. The quantitative estimate of drug-likeness (QED) is 0.890. The van der Waals surface area contributed by atoms with Crippen molar-refractivity contribution in [2.75, 3.05) is 19.4 Å². The van der Waals surface area contributed by atoms with Crippen molar-refractivity contribution in [2.45, 2.75) is 31.7 Å². The van der Waals surface area contributed by atoms with Crippen LogP contribution < -0.4 is 10.6 Å². The van der Waals surface area contributed by atoms with Crippen molar-refractivity contribution in [1.82, 2.24) is 10.2 Å². The first-order valence-electron chi connectivity index (χ1n) is 6.95. The lowest BCUT2D eigenvalue weighted by Gasteiger charge is -2.14. The van der Waals surface area contributed by atoms with E-state index in [-0.39, 0.29) is 11.9 Å². The van der Waals surface area contributed by atoms with E-state index >= 15 is 0 Å². The molecule has 3 amide bonds. The molecule has 5 nitrogen and oxygen atoms in total. The zero-order valence-electron chi connectivity index (χ0n) is 12.0. The highest BCUT2D eigenvalue weighted by molar-refractivity contribution is 5.95. The third-order valence-corrected chi connectivity index (χ3v) is 3.49. The van der Waals surface area contributed by atoms with Gasteiger partial charge in [-0.1, -0.05) is 12.8 Å². The number of carbonyl (C=O) groups is 2. The lowest BCUT2D eigenvalue weighted by Crippen LogP contribution is -2.36. The van der Waals surface area contributed by atoms with Crippen LogP contribution in [0.25, 0.3) is 0 Å². The maximum atomic E-state index is 11.8. The first kappa shape index (κ1) is 14.4. The van der Waals surface area contributed by atoms with Gasteiger partial charge in [0.15, 0.2) is 0 Å². The molecule has 1 aromatic rings. The fourth-order valence-corrected chi connectivity index (χ4v) is 2.38. The number of hydrogen-bond donors (Lipinski definition) is 2. The number of urea groups is 1. The van der Waals surface area contributed by atoms with Gasteiger partial charge in [-0.2, -0.15) is 0 Å². The van der Waals surface area contributed by atoms with Crippen LogP contribution in [0.3, 0.4) is 0 Å². The minimum Gasteiger partial charge on any atom is -0.345 e. The Hall–Kier alpha value is -2.04. The summed E-state index contributed by atoms with van der Waals surface area (Å²) >= 11 is 0. The summed E-state index contributed by atoms with van der Waals surface area (Å²) in [5.41, 5.74) is 1.30. The summed E-state index contributed by atoms with van der Waals surface area (Å²) in [5.74, 6) is -0.0491. The maximum Gasteiger partial charge on any atom is 0.319 e. The highest BCUT2D eigenvalue weighted by Crippen LogP contribution is 2.18. The van der Waals surface area contributed by atoms with E-state index in [4.69, 9.17) is 0 Å². The van der Waals surface area contributed by atoms with Crippen LogP contribution in [0.5, 0.6) is 0 Å². The van der Waals surface area contributed by atoms with Crippen molar-refractivity contribution in [3.05, 3.63) is 29.8 Å². The number of carbonyl (C=O) groups excluding carboxylic acids is 2. The number of rotatable bonds is 3. The molecular weight excluding hydrogens is 254 g/mol. The summed E-state index contributed by atoms with van der Waals surface area (Å²) in [5, 5.41) is 5.75. The van der Waals surface area contributed by atoms with Gasteiger partial charge in [0, 0.05) is 31.4 Å². The summed E-state index contributed by atoms with van der Waals surface area (Å²) in [6.45, 7) is 0. The van der Waals surface area contributed by atoms with Crippen LogP contribution in [0.15, 0.2) is 24.3 Å². The Balaban J connectivity index is 1.89. The molecule has 0 aliphatic heterocycles. The van der Waals surface area contributed by atoms with Gasteiger partial charge in [-0.05, 0) is 37.1 Å². The van der Waals surface area contributed by atoms with E-state index in [1.165, 1.54) is 17.7 Å². The van der Waals surface area contributed by atoms with Crippen LogP contribution >= 0.6 is 0 Å². The monoisotopic (exact) mass is 275 g/mol. The Bertz CT molecular complexity index is 476. The fourth-order valence-electron chi connectivity index (χ4n) is 2.38. The van der Waals surface area contributed by atoms with E-state index in [0.29, 0.717) is 17.3 Å². The molecule has 0 atom stereocenters. The first-order chi connectivity index (χ1) is 9.56. The van der Waals surface area contributed by atoms with E-state index in [9.17, 15) is 9.59 Å². The second kappa shape index (κ2) is 6.41. The zero-order valence-corrected chi connectivity index (χ0v) is 12.0. The Kier molecular flexibility index (Phi) is 4.61. The summed E-state index contributed by atoms with van der Waals surface area (Å²) < 4.78 is 0. The highest BCUT2D eigenvalue weighted by atomic mass is 16.2. The van der Waals surface area contributed by atoms with Crippen LogP contribution in [0.1, 0.15) is 36.0 Å². The SMILES string of the molecule is CN(C)C(=O)c1ccc(NC(=O)NC2CCCC2)cc1. The Morgan fingerprint density at radius 3 is 2.25 bits per heavy atom. The van der Waals surface area contributed by atoms with Crippen molar-refractivity contribution in [3.63, 3.8) is 0 Å². The third-order valence-electron chi connectivity index (χ3n) is 3.49. The molecule has 0 unspecified atom stereocenters. The molecule has 1 aliphatic rings. The maximum absolute atomic E-state index is 11.8. The second-order valence-corrected chi connectivity index (χ2v) is 5.36. The molecule has 2 rings (SSSR count). The highest BCUT2D eigenvalue weighted by Gasteiger charge is 2.17. The summed E-state index contributed by atoms with van der Waals surface area (Å²) in [7, 11) is 3.42. The van der Waals surface area contributed by atoms with Gasteiger partial charge in [0.2, 0.25) is 0 Å². The van der Waals surface area contributed by atoms with Crippen LogP contribution in [0.2, 0.25) is 0 Å². The molecule has 1 aromatic carbocycles. The molecule has 0 aromatic heterocycles. The second-order valence-electron chi connectivity index (χ2n) is 5.36. The first-order valence-corrected chi connectivity index (χ1v) is 6.95.